The molecule has 0 aromatic rings. The van der Waals surface area contributed by atoms with Gasteiger partial charge < -0.3 is 9.64 Å². The first-order valence-corrected chi connectivity index (χ1v) is 6.16. The summed E-state index contributed by atoms with van der Waals surface area (Å²) in [6.07, 6.45) is 2.62. The fourth-order valence-corrected chi connectivity index (χ4v) is 1.84. The molecule has 0 bridgehead atoms. The van der Waals surface area contributed by atoms with E-state index in [1.54, 1.807) is 0 Å². The van der Waals surface area contributed by atoms with Crippen LogP contribution in [0.5, 0.6) is 0 Å². The number of carbonyl (C=O) groups excluding carboxylic acids is 1. The van der Waals surface area contributed by atoms with Crippen LogP contribution in [0.25, 0.3) is 0 Å². The molecular weight excluding hydrogens is 190 g/mol. The number of ether oxygens (including phenoxy) is 1. The molecule has 1 fully saturated rings. The summed E-state index contributed by atoms with van der Waals surface area (Å²) in [6.45, 7) is 10.4. The number of amides is 1. The molecule has 0 spiro atoms. The van der Waals surface area contributed by atoms with Gasteiger partial charge in [0.25, 0.3) is 0 Å². The third-order valence-electron chi connectivity index (χ3n) is 2.60. The van der Waals surface area contributed by atoms with E-state index in [9.17, 15) is 4.79 Å². The normalized spacial score (nSPS) is 16.5. The Bertz CT molecular complexity index is 165. The van der Waals surface area contributed by atoms with Crippen LogP contribution in [0.15, 0.2) is 0 Å². The van der Waals surface area contributed by atoms with Crippen LogP contribution < -0.4 is 0 Å². The largest absolute Gasteiger partial charge is 0.381 e. The Morgan fingerprint density at radius 1 is 1.27 bits per heavy atom. The van der Waals surface area contributed by atoms with E-state index >= 15 is 0 Å². The lowest BCUT2D eigenvalue weighted by Crippen LogP contribution is -2.42. The number of hydrogen-bond donors (Lipinski definition) is 0. The van der Waals surface area contributed by atoms with Crippen molar-refractivity contribution < 1.29 is 9.53 Å². The minimum absolute atomic E-state index is 0.273. The van der Waals surface area contributed by atoms with E-state index in [0.29, 0.717) is 12.5 Å². The zero-order valence-corrected chi connectivity index (χ0v) is 10.6. The van der Waals surface area contributed by atoms with Gasteiger partial charge in [-0.2, -0.15) is 0 Å². The van der Waals surface area contributed by atoms with Crippen molar-refractivity contribution in [2.24, 2.45) is 0 Å². The minimum Gasteiger partial charge on any atom is -0.381 e. The third-order valence-corrected chi connectivity index (χ3v) is 2.60. The average molecular weight is 215 g/mol. The Labute approximate surface area is 93.8 Å². The van der Waals surface area contributed by atoms with Gasteiger partial charge in [-0.25, -0.2) is 0 Å². The Morgan fingerprint density at radius 2 is 1.80 bits per heavy atom. The first-order valence-electron chi connectivity index (χ1n) is 6.16. The molecular formula is C12H25NO2. The SMILES string of the molecule is CC.CCC(=O)N(CC)C1CCOCC1. The maximum Gasteiger partial charge on any atom is 0.222 e. The Hall–Kier alpha value is -0.570. The number of rotatable bonds is 3. The molecule has 0 unspecified atom stereocenters. The average Bonchev–Trinajstić information content (AvgIpc) is 2.33. The molecule has 3 heteroatoms. The number of carbonyl (C=O) groups is 1. The second-order valence-electron chi connectivity index (χ2n) is 3.38. The van der Waals surface area contributed by atoms with Gasteiger partial charge in [-0.1, -0.05) is 20.8 Å². The van der Waals surface area contributed by atoms with Crippen molar-refractivity contribution in [1.29, 1.82) is 0 Å². The first-order chi connectivity index (χ1) is 7.29. The smallest absolute Gasteiger partial charge is 0.222 e. The molecule has 3 nitrogen and oxygen atoms in total. The molecule has 0 aromatic carbocycles. The van der Waals surface area contributed by atoms with Crippen molar-refractivity contribution in [2.75, 3.05) is 19.8 Å². The molecule has 90 valence electrons. The van der Waals surface area contributed by atoms with Gasteiger partial charge >= 0.3 is 0 Å². The lowest BCUT2D eigenvalue weighted by atomic mass is 10.1. The molecule has 0 N–H and O–H groups in total. The highest BCUT2D eigenvalue weighted by Gasteiger charge is 2.22. The molecule has 0 aromatic heterocycles. The summed E-state index contributed by atoms with van der Waals surface area (Å²) in [5.74, 6) is 0.273. The lowest BCUT2D eigenvalue weighted by molar-refractivity contribution is -0.134. The second-order valence-corrected chi connectivity index (χ2v) is 3.38. The van der Waals surface area contributed by atoms with Crippen molar-refractivity contribution in [3.63, 3.8) is 0 Å². The predicted octanol–water partition coefficient (Wildman–Crippen LogP) is 2.45. The fourth-order valence-electron chi connectivity index (χ4n) is 1.84. The Morgan fingerprint density at radius 3 is 2.20 bits per heavy atom. The van der Waals surface area contributed by atoms with Crippen LogP contribution in [-0.4, -0.2) is 36.6 Å². The molecule has 1 saturated heterocycles. The van der Waals surface area contributed by atoms with Gasteiger partial charge in [0.1, 0.15) is 0 Å². The van der Waals surface area contributed by atoms with Crippen molar-refractivity contribution >= 4 is 5.91 Å². The zero-order valence-electron chi connectivity index (χ0n) is 10.6. The highest BCUT2D eigenvalue weighted by molar-refractivity contribution is 5.76. The lowest BCUT2D eigenvalue weighted by Gasteiger charge is -2.33. The third kappa shape index (κ3) is 4.65. The molecule has 15 heavy (non-hydrogen) atoms. The van der Waals surface area contributed by atoms with Crippen LogP contribution in [0, 0.1) is 0 Å². The summed E-state index contributed by atoms with van der Waals surface area (Å²) in [5.41, 5.74) is 0. The minimum atomic E-state index is 0.273. The molecule has 0 radical (unpaired) electrons. The van der Waals surface area contributed by atoms with Crippen LogP contribution in [0.2, 0.25) is 0 Å². The number of nitrogens with zero attached hydrogens (tertiary/aromatic N) is 1. The van der Waals surface area contributed by atoms with Crippen LogP contribution in [0.1, 0.15) is 47.0 Å². The summed E-state index contributed by atoms with van der Waals surface area (Å²) in [7, 11) is 0. The van der Waals surface area contributed by atoms with Gasteiger partial charge in [0, 0.05) is 32.2 Å². The van der Waals surface area contributed by atoms with Gasteiger partial charge in [-0.05, 0) is 19.8 Å². The molecule has 0 atom stereocenters. The van der Waals surface area contributed by atoms with Gasteiger partial charge in [0.05, 0.1) is 0 Å². The van der Waals surface area contributed by atoms with Crippen LogP contribution in [-0.2, 0) is 9.53 Å². The summed E-state index contributed by atoms with van der Waals surface area (Å²) >= 11 is 0. The van der Waals surface area contributed by atoms with E-state index in [4.69, 9.17) is 4.74 Å². The van der Waals surface area contributed by atoms with E-state index in [0.717, 1.165) is 32.6 Å². The highest BCUT2D eigenvalue weighted by atomic mass is 16.5. The van der Waals surface area contributed by atoms with Crippen molar-refractivity contribution in [2.45, 2.75) is 53.0 Å². The van der Waals surface area contributed by atoms with Gasteiger partial charge in [0.15, 0.2) is 0 Å². The molecule has 1 heterocycles. The van der Waals surface area contributed by atoms with Crippen LogP contribution >= 0.6 is 0 Å². The van der Waals surface area contributed by atoms with E-state index in [-0.39, 0.29) is 5.91 Å². The maximum absolute atomic E-state index is 11.5. The molecule has 1 amide bonds. The fraction of sp³-hybridized carbons (Fsp3) is 0.917. The summed E-state index contributed by atoms with van der Waals surface area (Å²) in [4.78, 5) is 13.5. The van der Waals surface area contributed by atoms with Crippen LogP contribution in [0.3, 0.4) is 0 Å². The van der Waals surface area contributed by atoms with E-state index in [1.807, 2.05) is 32.6 Å². The topological polar surface area (TPSA) is 29.5 Å². The van der Waals surface area contributed by atoms with Gasteiger partial charge in [0.2, 0.25) is 5.91 Å². The van der Waals surface area contributed by atoms with Gasteiger partial charge in [-0.15, -0.1) is 0 Å². The van der Waals surface area contributed by atoms with Crippen molar-refractivity contribution in [3.8, 4) is 0 Å². The molecule has 1 aliphatic rings. The maximum atomic E-state index is 11.5. The zero-order chi connectivity index (χ0) is 11.7. The van der Waals surface area contributed by atoms with E-state index in [1.165, 1.54) is 0 Å². The molecule has 1 aliphatic heterocycles. The van der Waals surface area contributed by atoms with E-state index < -0.39 is 0 Å². The summed E-state index contributed by atoms with van der Waals surface area (Å²) in [6, 6.07) is 0.422. The highest BCUT2D eigenvalue weighted by Crippen LogP contribution is 2.14. The number of hydrogen-bond acceptors (Lipinski definition) is 2. The molecule has 0 aliphatic carbocycles. The quantitative estimate of drug-likeness (QED) is 0.723. The van der Waals surface area contributed by atoms with Crippen LogP contribution in [0.4, 0.5) is 0 Å². The van der Waals surface area contributed by atoms with Crippen molar-refractivity contribution in [1.82, 2.24) is 4.90 Å². The monoisotopic (exact) mass is 215 g/mol. The summed E-state index contributed by atoms with van der Waals surface area (Å²) in [5, 5.41) is 0. The van der Waals surface area contributed by atoms with Gasteiger partial charge in [-0.3, -0.25) is 4.79 Å². The summed E-state index contributed by atoms with van der Waals surface area (Å²) < 4.78 is 5.27. The van der Waals surface area contributed by atoms with Crippen molar-refractivity contribution in [3.05, 3.63) is 0 Å². The Kier molecular flexibility index (Phi) is 8.38. The first kappa shape index (κ1) is 14.4. The van der Waals surface area contributed by atoms with E-state index in [2.05, 4.69) is 0 Å². The second kappa shape index (κ2) is 8.72. The molecule has 0 saturated carbocycles. The Balaban J connectivity index is 0.000000921. The standard InChI is InChI=1S/C10H19NO2.C2H6/c1-3-10(12)11(4-2)9-5-7-13-8-6-9;1-2/h9H,3-8H2,1-2H3;1-2H3. The predicted molar refractivity (Wildman–Crippen MR) is 62.9 cm³/mol. The molecule has 1 rings (SSSR count).